The van der Waals surface area contributed by atoms with E-state index in [1.54, 1.807) is 13.3 Å². The van der Waals surface area contributed by atoms with E-state index in [4.69, 9.17) is 4.74 Å². The van der Waals surface area contributed by atoms with Crippen LogP contribution >= 0.6 is 15.9 Å². The van der Waals surface area contributed by atoms with E-state index >= 15 is 0 Å². The van der Waals surface area contributed by atoms with Gasteiger partial charge in [0.25, 0.3) is 0 Å². The van der Waals surface area contributed by atoms with Crippen molar-refractivity contribution in [2.45, 2.75) is 20.0 Å². The van der Waals surface area contributed by atoms with Gasteiger partial charge in [0.15, 0.2) is 0 Å². The number of aliphatic hydroxyl groups excluding tert-OH is 1. The summed E-state index contributed by atoms with van der Waals surface area (Å²) in [6.07, 6.45) is 1.19. The van der Waals surface area contributed by atoms with Crippen LogP contribution in [0.4, 0.5) is 5.95 Å². The second-order valence-electron chi connectivity index (χ2n) is 3.74. The molecule has 1 atom stereocenters. The fourth-order valence-electron chi connectivity index (χ4n) is 1.01. The molecule has 16 heavy (non-hydrogen) atoms. The van der Waals surface area contributed by atoms with E-state index < -0.39 is 6.10 Å². The van der Waals surface area contributed by atoms with Gasteiger partial charge in [-0.25, -0.2) is 4.98 Å². The zero-order valence-corrected chi connectivity index (χ0v) is 11.2. The summed E-state index contributed by atoms with van der Waals surface area (Å²) in [7, 11) is 1.54. The highest BCUT2D eigenvalue weighted by Gasteiger charge is 2.10. The van der Waals surface area contributed by atoms with Gasteiger partial charge in [-0.1, -0.05) is 13.8 Å². The molecule has 0 aliphatic rings. The molecular weight excluding hydrogens is 274 g/mol. The van der Waals surface area contributed by atoms with E-state index in [9.17, 15) is 5.11 Å². The van der Waals surface area contributed by atoms with Crippen molar-refractivity contribution in [2.24, 2.45) is 5.92 Å². The second kappa shape index (κ2) is 6.00. The second-order valence-corrected chi connectivity index (χ2v) is 4.60. The van der Waals surface area contributed by atoms with Crippen molar-refractivity contribution < 1.29 is 9.84 Å². The third-order valence-electron chi connectivity index (χ3n) is 2.14. The fourth-order valence-corrected chi connectivity index (χ4v) is 1.36. The number of aromatic nitrogens is 2. The number of hydrogen-bond acceptors (Lipinski definition) is 5. The van der Waals surface area contributed by atoms with Gasteiger partial charge in [-0.2, -0.15) is 4.98 Å². The monoisotopic (exact) mass is 289 g/mol. The highest BCUT2D eigenvalue weighted by Crippen LogP contribution is 2.21. The van der Waals surface area contributed by atoms with Gasteiger partial charge >= 0.3 is 0 Å². The van der Waals surface area contributed by atoms with Crippen molar-refractivity contribution >= 4 is 21.9 Å². The van der Waals surface area contributed by atoms with Crippen LogP contribution in [-0.4, -0.2) is 34.8 Å². The van der Waals surface area contributed by atoms with Crippen molar-refractivity contribution in [3.63, 3.8) is 0 Å². The van der Waals surface area contributed by atoms with Crippen LogP contribution in [0.25, 0.3) is 0 Å². The first-order chi connectivity index (χ1) is 7.54. The number of hydrogen-bond donors (Lipinski definition) is 2. The van der Waals surface area contributed by atoms with Crippen molar-refractivity contribution in [2.75, 3.05) is 19.0 Å². The van der Waals surface area contributed by atoms with E-state index in [1.807, 2.05) is 13.8 Å². The fraction of sp³-hybridized carbons (Fsp3) is 0.600. The molecule has 5 nitrogen and oxygen atoms in total. The van der Waals surface area contributed by atoms with Crippen LogP contribution in [0.15, 0.2) is 10.7 Å². The van der Waals surface area contributed by atoms with Gasteiger partial charge in [0.2, 0.25) is 11.8 Å². The molecule has 1 heterocycles. The number of nitrogens with zero attached hydrogens (tertiary/aromatic N) is 2. The maximum atomic E-state index is 9.61. The molecule has 1 rings (SSSR count). The molecule has 1 unspecified atom stereocenters. The van der Waals surface area contributed by atoms with Crippen molar-refractivity contribution in [3.05, 3.63) is 10.7 Å². The van der Waals surface area contributed by atoms with Gasteiger partial charge < -0.3 is 15.2 Å². The Kier molecular flexibility index (Phi) is 4.95. The molecule has 0 amide bonds. The summed E-state index contributed by atoms with van der Waals surface area (Å²) in [4.78, 5) is 8.18. The zero-order valence-electron chi connectivity index (χ0n) is 9.57. The molecule has 6 heteroatoms. The Hall–Kier alpha value is -0.880. The minimum atomic E-state index is -0.418. The first-order valence-electron chi connectivity index (χ1n) is 5.03. The van der Waals surface area contributed by atoms with Crippen LogP contribution in [-0.2, 0) is 0 Å². The van der Waals surface area contributed by atoms with E-state index in [0.29, 0.717) is 22.8 Å². The molecule has 0 saturated heterocycles. The van der Waals surface area contributed by atoms with Crippen molar-refractivity contribution in [1.82, 2.24) is 9.97 Å². The van der Waals surface area contributed by atoms with Gasteiger partial charge in [-0.15, -0.1) is 0 Å². The Bertz CT molecular complexity index is 347. The van der Waals surface area contributed by atoms with E-state index in [2.05, 4.69) is 31.2 Å². The van der Waals surface area contributed by atoms with E-state index in [0.717, 1.165) is 0 Å². The molecule has 0 radical (unpaired) electrons. The molecule has 1 aromatic heterocycles. The number of halogens is 1. The lowest BCUT2D eigenvalue weighted by molar-refractivity contribution is 0.137. The quantitative estimate of drug-likeness (QED) is 0.863. The molecule has 2 N–H and O–H groups in total. The van der Waals surface area contributed by atoms with E-state index in [-0.39, 0.29) is 5.92 Å². The number of rotatable bonds is 5. The standard InChI is InChI=1S/C10H16BrN3O2/c1-6(2)8(15)5-13-10-12-4-7(11)9(14-10)16-3/h4,6,8,15H,5H2,1-3H3,(H,12,13,14). The molecule has 0 bridgehead atoms. The number of aliphatic hydroxyl groups is 1. The zero-order chi connectivity index (χ0) is 12.1. The van der Waals surface area contributed by atoms with Gasteiger partial charge in [-0.05, 0) is 21.8 Å². The van der Waals surface area contributed by atoms with Crippen molar-refractivity contribution in [3.8, 4) is 5.88 Å². The minimum Gasteiger partial charge on any atom is -0.480 e. The summed E-state index contributed by atoms with van der Waals surface area (Å²) in [6.45, 7) is 4.33. The topological polar surface area (TPSA) is 67.3 Å². The lowest BCUT2D eigenvalue weighted by Crippen LogP contribution is -2.25. The lowest BCUT2D eigenvalue weighted by Gasteiger charge is -2.15. The molecule has 0 aliphatic heterocycles. The van der Waals surface area contributed by atoms with Gasteiger partial charge in [0.1, 0.15) is 0 Å². The van der Waals surface area contributed by atoms with Gasteiger partial charge in [0, 0.05) is 6.54 Å². The van der Waals surface area contributed by atoms with Crippen LogP contribution in [0.2, 0.25) is 0 Å². The number of anilines is 1. The van der Waals surface area contributed by atoms with Crippen LogP contribution in [0.3, 0.4) is 0 Å². The number of nitrogens with one attached hydrogen (secondary N) is 1. The van der Waals surface area contributed by atoms with E-state index in [1.165, 1.54) is 0 Å². The van der Waals surface area contributed by atoms with Crippen LogP contribution in [0.1, 0.15) is 13.8 Å². The highest BCUT2D eigenvalue weighted by atomic mass is 79.9. The normalized spacial score (nSPS) is 12.6. The Morgan fingerprint density at radius 2 is 2.25 bits per heavy atom. The Morgan fingerprint density at radius 3 is 2.81 bits per heavy atom. The molecule has 0 aromatic carbocycles. The summed E-state index contributed by atoms with van der Waals surface area (Å²) in [6, 6.07) is 0. The van der Waals surface area contributed by atoms with Crippen LogP contribution in [0, 0.1) is 5.92 Å². The maximum absolute atomic E-state index is 9.61. The minimum absolute atomic E-state index is 0.199. The molecule has 0 spiro atoms. The predicted molar refractivity (Wildman–Crippen MR) is 65.6 cm³/mol. The van der Waals surface area contributed by atoms with Gasteiger partial charge in [0.05, 0.1) is 23.9 Å². The first-order valence-corrected chi connectivity index (χ1v) is 5.82. The molecule has 0 fully saturated rings. The van der Waals surface area contributed by atoms with Crippen LogP contribution in [0.5, 0.6) is 5.88 Å². The number of methoxy groups -OCH3 is 1. The molecule has 0 saturated carbocycles. The van der Waals surface area contributed by atoms with Gasteiger partial charge in [-0.3, -0.25) is 0 Å². The maximum Gasteiger partial charge on any atom is 0.232 e. The Morgan fingerprint density at radius 1 is 1.56 bits per heavy atom. The first kappa shape index (κ1) is 13.2. The third-order valence-corrected chi connectivity index (χ3v) is 2.69. The SMILES string of the molecule is COc1nc(NCC(O)C(C)C)ncc1Br. The Labute approximate surface area is 103 Å². The smallest absolute Gasteiger partial charge is 0.232 e. The average Bonchev–Trinajstić information content (AvgIpc) is 2.27. The Balaban J connectivity index is 2.61. The third kappa shape index (κ3) is 3.61. The molecule has 90 valence electrons. The molecule has 1 aromatic rings. The average molecular weight is 290 g/mol. The lowest BCUT2D eigenvalue weighted by atomic mass is 10.1. The highest BCUT2D eigenvalue weighted by molar-refractivity contribution is 9.10. The van der Waals surface area contributed by atoms with Crippen LogP contribution < -0.4 is 10.1 Å². The summed E-state index contributed by atoms with van der Waals surface area (Å²) in [5, 5.41) is 12.6. The summed E-state index contributed by atoms with van der Waals surface area (Å²) < 4.78 is 5.74. The summed E-state index contributed by atoms with van der Waals surface area (Å²) in [5.41, 5.74) is 0. The molecule has 0 aliphatic carbocycles. The molecular formula is C10H16BrN3O2. The predicted octanol–water partition coefficient (Wildman–Crippen LogP) is 1.68. The largest absolute Gasteiger partial charge is 0.480 e. The van der Waals surface area contributed by atoms with Crippen molar-refractivity contribution in [1.29, 1.82) is 0 Å². The summed E-state index contributed by atoms with van der Waals surface area (Å²) in [5.74, 6) is 1.11. The summed E-state index contributed by atoms with van der Waals surface area (Å²) >= 11 is 3.27. The number of ether oxygens (including phenoxy) is 1.